The van der Waals surface area contributed by atoms with Crippen LogP contribution in [0.2, 0.25) is 0 Å². The molecule has 0 heterocycles. The Morgan fingerprint density at radius 3 is 3.00 bits per heavy atom. The molecule has 0 fully saturated rings. The van der Waals surface area contributed by atoms with Crippen molar-refractivity contribution in [3.63, 3.8) is 0 Å². The van der Waals surface area contributed by atoms with E-state index in [-0.39, 0.29) is 0 Å². The Labute approximate surface area is 82.2 Å². The number of hydrazone groups is 1. The van der Waals surface area contributed by atoms with Crippen molar-refractivity contribution in [1.82, 2.24) is 0 Å². The zero-order chi connectivity index (χ0) is 9.94. The molecule has 0 radical (unpaired) electrons. The molecule has 0 unspecified atom stereocenters. The Hall–Kier alpha value is -0.970. The Balaban J connectivity index is 3.48. The van der Waals surface area contributed by atoms with Crippen molar-refractivity contribution < 1.29 is 9.53 Å². The number of carbonyl (C=O) groups is 1. The van der Waals surface area contributed by atoms with Crippen LogP contribution >= 0.6 is 11.8 Å². The van der Waals surface area contributed by atoms with Crippen LogP contribution in [0.4, 0.5) is 0 Å². The Kier molecular flexibility index (Phi) is 8.44. The summed E-state index contributed by atoms with van der Waals surface area (Å²) >= 11 is 1.52. The summed E-state index contributed by atoms with van der Waals surface area (Å²) in [5.41, 5.74) is 0. The van der Waals surface area contributed by atoms with Gasteiger partial charge in [-0.15, -0.1) is 5.10 Å². The highest BCUT2D eigenvalue weighted by atomic mass is 32.2. The van der Waals surface area contributed by atoms with E-state index in [0.717, 1.165) is 12.0 Å². The minimum atomic E-state index is 0.411. The second-order valence-electron chi connectivity index (χ2n) is 2.11. The lowest BCUT2D eigenvalue weighted by molar-refractivity contribution is -0.105. The van der Waals surface area contributed by atoms with Crippen molar-refractivity contribution >= 4 is 23.9 Å². The number of ether oxygens (including phenoxy) is 1. The van der Waals surface area contributed by atoms with E-state index in [9.17, 15) is 4.79 Å². The van der Waals surface area contributed by atoms with Gasteiger partial charge in [0.05, 0.1) is 0 Å². The summed E-state index contributed by atoms with van der Waals surface area (Å²) < 4.78 is 5.13. The van der Waals surface area contributed by atoms with E-state index in [1.165, 1.54) is 11.8 Å². The van der Waals surface area contributed by atoms with Crippen molar-refractivity contribution in [2.24, 2.45) is 10.9 Å². The van der Waals surface area contributed by atoms with Crippen LogP contribution in [0.1, 0.15) is 6.42 Å². The molecule has 0 aliphatic carbocycles. The van der Waals surface area contributed by atoms with Gasteiger partial charge in [0.25, 0.3) is 0 Å². The average Bonchev–Trinajstić information content (AvgIpc) is 2.17. The van der Waals surface area contributed by atoms with Crippen molar-refractivity contribution in [2.45, 2.75) is 6.42 Å². The van der Waals surface area contributed by atoms with Crippen LogP contribution in [-0.2, 0) is 9.53 Å². The number of hydrogen-bond donors (Lipinski definition) is 1. The molecule has 0 aromatic heterocycles. The van der Waals surface area contributed by atoms with Crippen LogP contribution < -0.4 is 5.84 Å². The number of rotatable bonds is 7. The first-order valence-corrected chi connectivity index (χ1v) is 5.02. The molecule has 0 aliphatic heterocycles. The van der Waals surface area contributed by atoms with Crippen molar-refractivity contribution in [2.75, 3.05) is 18.1 Å². The number of aldehydes is 1. The van der Waals surface area contributed by atoms with Gasteiger partial charge in [0.1, 0.15) is 12.9 Å². The van der Waals surface area contributed by atoms with E-state index in [4.69, 9.17) is 10.6 Å². The molecule has 13 heavy (non-hydrogen) atoms. The lowest BCUT2D eigenvalue weighted by atomic mass is 10.5. The number of hydrogen-bond acceptors (Lipinski definition) is 5. The van der Waals surface area contributed by atoms with Crippen LogP contribution in [-0.4, -0.2) is 30.3 Å². The fraction of sp³-hybridized carbons (Fsp3) is 0.500. The second-order valence-corrected chi connectivity index (χ2v) is 3.26. The summed E-state index contributed by atoms with van der Waals surface area (Å²) in [6.07, 6.45) is 3.14. The zero-order valence-electron chi connectivity index (χ0n) is 7.44. The minimum absolute atomic E-state index is 0.411. The molecule has 0 bridgehead atoms. The lowest BCUT2D eigenvalue weighted by Gasteiger charge is -2.04. The average molecular weight is 202 g/mol. The highest BCUT2D eigenvalue weighted by Crippen LogP contribution is 2.01. The number of carbonyl (C=O) groups excluding carboxylic acids is 1. The van der Waals surface area contributed by atoms with Crippen molar-refractivity contribution in [3.8, 4) is 0 Å². The maximum absolute atomic E-state index is 9.97. The largest absolute Gasteiger partial charge is 0.475 e. The summed E-state index contributed by atoms with van der Waals surface area (Å²) in [4.78, 5) is 9.97. The molecule has 0 saturated heterocycles. The van der Waals surface area contributed by atoms with Crippen LogP contribution in [0.15, 0.2) is 17.8 Å². The maximum Gasteiger partial charge on any atom is 0.206 e. The third-order valence-electron chi connectivity index (χ3n) is 1.16. The second kappa shape index (κ2) is 9.12. The monoisotopic (exact) mass is 202 g/mol. The highest BCUT2D eigenvalue weighted by molar-refractivity contribution is 7.99. The molecule has 0 amide bonds. The van der Waals surface area contributed by atoms with Gasteiger partial charge < -0.3 is 15.4 Å². The fourth-order valence-electron chi connectivity index (χ4n) is 0.620. The molecular formula is C8H14N2O2S. The van der Waals surface area contributed by atoms with Gasteiger partial charge in [0, 0.05) is 17.9 Å². The molecule has 0 aromatic carbocycles. The Bertz CT molecular complexity index is 183. The van der Waals surface area contributed by atoms with E-state index in [1.54, 1.807) is 6.08 Å². The van der Waals surface area contributed by atoms with E-state index >= 15 is 0 Å². The molecule has 0 aliphatic rings. The molecule has 74 valence electrons. The number of nitrogens with zero attached hydrogens (tertiary/aromatic N) is 1. The first-order valence-electron chi connectivity index (χ1n) is 3.87. The van der Waals surface area contributed by atoms with Gasteiger partial charge in [0.15, 0.2) is 0 Å². The van der Waals surface area contributed by atoms with Crippen molar-refractivity contribution in [3.05, 3.63) is 12.7 Å². The van der Waals surface area contributed by atoms with Crippen LogP contribution in [0, 0.1) is 0 Å². The Morgan fingerprint density at radius 2 is 2.46 bits per heavy atom. The lowest BCUT2D eigenvalue weighted by Crippen LogP contribution is -2.09. The topological polar surface area (TPSA) is 64.7 Å². The predicted octanol–water partition coefficient (Wildman–Crippen LogP) is 0.783. The Morgan fingerprint density at radius 1 is 1.69 bits per heavy atom. The van der Waals surface area contributed by atoms with E-state index in [0.29, 0.717) is 24.7 Å². The first kappa shape index (κ1) is 12.0. The molecule has 4 nitrogen and oxygen atoms in total. The smallest absolute Gasteiger partial charge is 0.206 e. The molecule has 0 atom stereocenters. The summed E-state index contributed by atoms with van der Waals surface area (Å²) in [7, 11) is 0. The van der Waals surface area contributed by atoms with Crippen LogP contribution in [0.3, 0.4) is 0 Å². The molecule has 0 aromatic rings. The van der Waals surface area contributed by atoms with Gasteiger partial charge >= 0.3 is 0 Å². The molecular weight excluding hydrogens is 188 g/mol. The molecule has 0 spiro atoms. The molecule has 2 N–H and O–H groups in total. The first-order chi connectivity index (χ1) is 6.35. The normalized spacial score (nSPS) is 10.9. The molecule has 0 rings (SSSR count). The van der Waals surface area contributed by atoms with Gasteiger partial charge in [-0.05, 0) is 0 Å². The van der Waals surface area contributed by atoms with E-state index in [1.807, 2.05) is 0 Å². The van der Waals surface area contributed by atoms with Crippen LogP contribution in [0.25, 0.3) is 0 Å². The summed E-state index contributed by atoms with van der Waals surface area (Å²) in [5, 5.41) is 3.47. The summed E-state index contributed by atoms with van der Waals surface area (Å²) in [6, 6.07) is 0. The fourth-order valence-corrected chi connectivity index (χ4v) is 1.20. The maximum atomic E-state index is 9.97. The van der Waals surface area contributed by atoms with E-state index in [2.05, 4.69) is 11.7 Å². The van der Waals surface area contributed by atoms with Crippen LogP contribution in [0.5, 0.6) is 0 Å². The zero-order valence-corrected chi connectivity index (χ0v) is 8.26. The quantitative estimate of drug-likeness (QED) is 0.126. The standard InChI is InChI=1S/C8H14N2O2S/c1-2-5-12-8(10-9)3-6-13-7-4-11/h2,4H,1,3,5-7,9H2. The summed E-state index contributed by atoms with van der Waals surface area (Å²) in [6.45, 7) is 3.92. The van der Waals surface area contributed by atoms with Gasteiger partial charge in [-0.1, -0.05) is 12.7 Å². The third kappa shape index (κ3) is 7.39. The molecule has 0 saturated carbocycles. The summed E-state index contributed by atoms with van der Waals surface area (Å²) in [5.74, 6) is 6.86. The van der Waals surface area contributed by atoms with Gasteiger partial charge in [-0.2, -0.15) is 11.8 Å². The van der Waals surface area contributed by atoms with Gasteiger partial charge in [0.2, 0.25) is 5.90 Å². The number of thioether (sulfide) groups is 1. The molecule has 5 heteroatoms. The SMILES string of the molecule is C=CCOC(CCSCC=O)=NN. The van der Waals surface area contributed by atoms with E-state index < -0.39 is 0 Å². The van der Waals surface area contributed by atoms with Gasteiger partial charge in [-0.3, -0.25) is 0 Å². The van der Waals surface area contributed by atoms with Gasteiger partial charge in [-0.25, -0.2) is 0 Å². The number of nitrogens with two attached hydrogens (primary N) is 1. The highest BCUT2D eigenvalue weighted by Gasteiger charge is 1.98. The third-order valence-corrected chi connectivity index (χ3v) is 2.02. The van der Waals surface area contributed by atoms with Crippen molar-refractivity contribution in [1.29, 1.82) is 0 Å². The predicted molar refractivity (Wildman–Crippen MR) is 55.8 cm³/mol. The minimum Gasteiger partial charge on any atom is -0.475 e.